The first-order valence-electron chi connectivity index (χ1n) is 21.9. The molecule has 3 heteroatoms. The van der Waals surface area contributed by atoms with Crippen LogP contribution in [0.1, 0.15) is 22.3 Å². The van der Waals surface area contributed by atoms with Crippen LogP contribution in [0.2, 0.25) is 0 Å². The summed E-state index contributed by atoms with van der Waals surface area (Å²) in [6.07, 6.45) is 0. The normalized spacial score (nSPS) is 12.8. The number of para-hydroxylation sites is 4. The summed E-state index contributed by atoms with van der Waals surface area (Å²) in [5, 5.41) is 4.50. The van der Waals surface area contributed by atoms with Crippen LogP contribution in [0.5, 0.6) is 0 Å². The van der Waals surface area contributed by atoms with E-state index in [0.29, 0.717) is 0 Å². The second-order valence-electron chi connectivity index (χ2n) is 16.7. The number of hydrogen-bond acceptors (Lipinski definition) is 3. The number of fused-ring (bicyclic) bond motifs is 9. The Morgan fingerprint density at radius 2 is 0.656 bits per heavy atom. The highest BCUT2D eigenvalue weighted by Gasteiger charge is 2.45. The molecule has 1 aliphatic carbocycles. The van der Waals surface area contributed by atoms with Crippen molar-refractivity contribution in [2.75, 3.05) is 4.90 Å². The molecule has 300 valence electrons. The van der Waals surface area contributed by atoms with Crippen molar-refractivity contribution in [3.8, 4) is 33.4 Å². The van der Waals surface area contributed by atoms with Gasteiger partial charge >= 0.3 is 0 Å². The molecule has 0 amide bonds. The molecular formula is C61H39NO2. The molecule has 0 spiro atoms. The van der Waals surface area contributed by atoms with E-state index in [-0.39, 0.29) is 0 Å². The standard InChI is InChI=1S/C61H39NO2/c1-2-14-42(15-3-1)61(55-24-8-4-16-49(55)50-17-5-9-25-56(50)61)43-32-38-46(39-33-43)62(44-34-28-40(29-35-44)47-20-12-22-53-51-18-6-10-26-57(51)63-59(47)53)45-36-30-41(31-37-45)48-21-13-23-54-52-19-7-11-27-58(52)64-60(48)54/h1-39H. The van der Waals surface area contributed by atoms with Crippen molar-refractivity contribution in [3.63, 3.8) is 0 Å². The van der Waals surface area contributed by atoms with E-state index in [2.05, 4.69) is 217 Å². The van der Waals surface area contributed by atoms with E-state index in [1.807, 2.05) is 24.3 Å². The van der Waals surface area contributed by atoms with Gasteiger partial charge in [0.1, 0.15) is 22.3 Å². The van der Waals surface area contributed by atoms with Crippen LogP contribution in [-0.2, 0) is 5.41 Å². The Labute approximate surface area is 370 Å². The van der Waals surface area contributed by atoms with Crippen molar-refractivity contribution < 1.29 is 8.83 Å². The molecule has 0 bridgehead atoms. The molecule has 3 nitrogen and oxygen atoms in total. The molecular weight excluding hydrogens is 779 g/mol. The second kappa shape index (κ2) is 14.3. The Bertz CT molecular complexity index is 3510. The molecule has 64 heavy (non-hydrogen) atoms. The summed E-state index contributed by atoms with van der Waals surface area (Å²) in [4.78, 5) is 2.35. The van der Waals surface area contributed by atoms with Gasteiger partial charge in [-0.05, 0) is 93.0 Å². The summed E-state index contributed by atoms with van der Waals surface area (Å²) in [5.74, 6) is 0. The third kappa shape index (κ3) is 5.41. The Morgan fingerprint density at radius 1 is 0.281 bits per heavy atom. The van der Waals surface area contributed by atoms with Gasteiger partial charge in [0.05, 0.1) is 5.41 Å². The van der Waals surface area contributed by atoms with Gasteiger partial charge in [0.25, 0.3) is 0 Å². The van der Waals surface area contributed by atoms with Crippen LogP contribution in [0, 0.1) is 0 Å². The van der Waals surface area contributed by atoms with E-state index in [1.54, 1.807) is 0 Å². The maximum Gasteiger partial charge on any atom is 0.143 e. The minimum absolute atomic E-state index is 0.476. The first-order chi connectivity index (χ1) is 31.7. The van der Waals surface area contributed by atoms with Crippen molar-refractivity contribution >= 4 is 60.9 Å². The fourth-order valence-electron chi connectivity index (χ4n) is 10.5. The fraction of sp³-hybridized carbons (Fsp3) is 0.0164. The molecule has 0 saturated heterocycles. The van der Waals surface area contributed by atoms with Gasteiger partial charge in [-0.15, -0.1) is 0 Å². The third-order valence-electron chi connectivity index (χ3n) is 13.4. The summed E-state index contributed by atoms with van der Waals surface area (Å²) in [6, 6.07) is 85.2. The van der Waals surface area contributed by atoms with Gasteiger partial charge < -0.3 is 13.7 Å². The summed E-state index contributed by atoms with van der Waals surface area (Å²) in [7, 11) is 0. The maximum absolute atomic E-state index is 6.47. The lowest BCUT2D eigenvalue weighted by Crippen LogP contribution is -2.28. The average Bonchev–Trinajstić information content (AvgIpc) is 4.04. The highest BCUT2D eigenvalue weighted by molar-refractivity contribution is 6.10. The first-order valence-corrected chi connectivity index (χ1v) is 21.9. The minimum atomic E-state index is -0.476. The lowest BCUT2D eigenvalue weighted by Gasteiger charge is -2.34. The Kier molecular flexibility index (Phi) is 8.13. The van der Waals surface area contributed by atoms with Crippen molar-refractivity contribution in [3.05, 3.63) is 259 Å². The van der Waals surface area contributed by atoms with E-state index < -0.39 is 5.41 Å². The third-order valence-corrected chi connectivity index (χ3v) is 13.4. The van der Waals surface area contributed by atoms with Gasteiger partial charge in [0, 0.05) is 49.7 Å². The molecule has 0 fully saturated rings. The molecule has 0 aliphatic heterocycles. The smallest absolute Gasteiger partial charge is 0.143 e. The molecule has 2 heterocycles. The minimum Gasteiger partial charge on any atom is -0.455 e. The zero-order valence-electron chi connectivity index (χ0n) is 34.8. The molecule has 10 aromatic carbocycles. The molecule has 12 aromatic rings. The second-order valence-corrected chi connectivity index (χ2v) is 16.7. The number of benzene rings is 10. The number of anilines is 3. The zero-order valence-corrected chi connectivity index (χ0v) is 34.8. The van der Waals surface area contributed by atoms with Crippen molar-refractivity contribution in [2.45, 2.75) is 5.41 Å². The number of rotatable bonds is 7. The van der Waals surface area contributed by atoms with Gasteiger partial charge in [-0.2, -0.15) is 0 Å². The first kappa shape index (κ1) is 36.3. The van der Waals surface area contributed by atoms with E-state index >= 15 is 0 Å². The molecule has 0 atom stereocenters. The van der Waals surface area contributed by atoms with E-state index in [4.69, 9.17) is 8.83 Å². The summed E-state index contributed by atoms with van der Waals surface area (Å²) in [5.41, 5.74) is 18.3. The Balaban J connectivity index is 0.949. The highest BCUT2D eigenvalue weighted by Crippen LogP contribution is 2.56. The molecule has 0 radical (unpaired) electrons. The summed E-state index contributed by atoms with van der Waals surface area (Å²) in [6.45, 7) is 0. The molecule has 0 N–H and O–H groups in total. The van der Waals surface area contributed by atoms with Gasteiger partial charge in [-0.3, -0.25) is 0 Å². The largest absolute Gasteiger partial charge is 0.455 e. The van der Waals surface area contributed by atoms with Crippen LogP contribution in [-0.4, -0.2) is 0 Å². The average molecular weight is 818 g/mol. The molecule has 0 saturated carbocycles. The molecule has 1 aliphatic rings. The Hall–Kier alpha value is -8.40. The van der Waals surface area contributed by atoms with Gasteiger partial charge in [-0.25, -0.2) is 0 Å². The number of nitrogens with zero attached hydrogens (tertiary/aromatic N) is 1. The predicted octanol–water partition coefficient (Wildman–Crippen LogP) is 16.7. The zero-order chi connectivity index (χ0) is 42.2. The molecule has 0 unspecified atom stereocenters. The van der Waals surface area contributed by atoms with E-state index in [0.717, 1.165) is 83.2 Å². The van der Waals surface area contributed by atoms with Crippen LogP contribution in [0.3, 0.4) is 0 Å². The van der Waals surface area contributed by atoms with E-state index in [1.165, 1.54) is 33.4 Å². The highest BCUT2D eigenvalue weighted by atomic mass is 16.3. The van der Waals surface area contributed by atoms with Crippen LogP contribution in [0.4, 0.5) is 17.1 Å². The van der Waals surface area contributed by atoms with Gasteiger partial charge in [-0.1, -0.05) is 188 Å². The van der Waals surface area contributed by atoms with Crippen LogP contribution in [0.25, 0.3) is 77.3 Å². The van der Waals surface area contributed by atoms with Crippen molar-refractivity contribution in [1.82, 2.24) is 0 Å². The lowest BCUT2D eigenvalue weighted by atomic mass is 9.68. The van der Waals surface area contributed by atoms with E-state index in [9.17, 15) is 0 Å². The van der Waals surface area contributed by atoms with Crippen LogP contribution in [0.15, 0.2) is 245 Å². The molecule has 2 aromatic heterocycles. The summed E-state index contributed by atoms with van der Waals surface area (Å²) < 4.78 is 12.9. The van der Waals surface area contributed by atoms with Crippen LogP contribution < -0.4 is 4.90 Å². The van der Waals surface area contributed by atoms with Crippen molar-refractivity contribution in [1.29, 1.82) is 0 Å². The van der Waals surface area contributed by atoms with Gasteiger partial charge in [0.15, 0.2) is 0 Å². The number of hydrogen-bond donors (Lipinski definition) is 0. The fourth-order valence-corrected chi connectivity index (χ4v) is 10.5. The molecule has 13 rings (SSSR count). The predicted molar refractivity (Wildman–Crippen MR) is 264 cm³/mol. The lowest BCUT2D eigenvalue weighted by molar-refractivity contribution is 0.669. The maximum atomic E-state index is 6.47. The quantitative estimate of drug-likeness (QED) is 0.160. The Morgan fingerprint density at radius 3 is 1.16 bits per heavy atom. The summed E-state index contributed by atoms with van der Waals surface area (Å²) >= 11 is 0. The van der Waals surface area contributed by atoms with Crippen molar-refractivity contribution in [2.24, 2.45) is 0 Å². The number of furan rings is 2. The van der Waals surface area contributed by atoms with Gasteiger partial charge in [0.2, 0.25) is 0 Å². The topological polar surface area (TPSA) is 29.5 Å². The monoisotopic (exact) mass is 817 g/mol. The van der Waals surface area contributed by atoms with Crippen LogP contribution >= 0.6 is 0 Å². The SMILES string of the molecule is c1ccc(C2(c3ccc(N(c4ccc(-c5cccc6c5oc5ccccc56)cc4)c4ccc(-c5cccc6c5oc5ccccc56)cc4)cc3)c3ccccc3-c3ccccc32)cc1.